The van der Waals surface area contributed by atoms with Crippen LogP contribution in [0.2, 0.25) is 5.02 Å². The van der Waals surface area contributed by atoms with Gasteiger partial charge in [-0.15, -0.1) is 0 Å². The van der Waals surface area contributed by atoms with E-state index in [1.807, 2.05) is 0 Å². The van der Waals surface area contributed by atoms with Gasteiger partial charge >= 0.3 is 0 Å². The molecule has 1 amide bonds. The third-order valence-corrected chi connectivity index (χ3v) is 5.35. The largest absolute Gasteiger partial charge is 0.361 e. The van der Waals surface area contributed by atoms with Crippen LogP contribution >= 0.6 is 11.6 Å². The van der Waals surface area contributed by atoms with Gasteiger partial charge in [-0.25, -0.2) is 0 Å². The Bertz CT molecular complexity index is 1200. The number of anilines is 1. The van der Waals surface area contributed by atoms with Crippen LogP contribution in [0.1, 0.15) is 38.8 Å². The highest BCUT2D eigenvalue weighted by molar-refractivity contribution is 6.31. The number of hydrogen-bond donors (Lipinski definition) is 1. The number of aryl methyl sites for hydroxylation is 2. The molecule has 12 nitrogen and oxygen atoms in total. The molecule has 3 aromatic rings. The van der Waals surface area contributed by atoms with Crippen molar-refractivity contribution in [2.45, 2.75) is 34.2 Å². The number of carbonyl (C=O) groups is 1. The number of nitro benzene ring substituents is 2. The molecular weight excluding hydrogens is 432 g/mol. The van der Waals surface area contributed by atoms with E-state index < -0.39 is 27.1 Å². The number of amides is 1. The number of nitrogens with one attached hydrogen (secondary N) is 1. The second-order valence-electron chi connectivity index (χ2n) is 6.82. The van der Waals surface area contributed by atoms with E-state index in [9.17, 15) is 25.0 Å². The van der Waals surface area contributed by atoms with Gasteiger partial charge in [-0.3, -0.25) is 29.7 Å². The number of aromatic nitrogens is 3. The Hall–Kier alpha value is -3.80. The molecule has 0 aliphatic carbocycles. The van der Waals surface area contributed by atoms with Crippen LogP contribution in [-0.4, -0.2) is 30.7 Å². The molecule has 0 spiro atoms. The molecule has 0 aliphatic rings. The number of carbonyl (C=O) groups excluding carboxylic acids is 1. The predicted molar refractivity (Wildman–Crippen MR) is 109 cm³/mol. The monoisotopic (exact) mass is 448 g/mol. The zero-order valence-corrected chi connectivity index (χ0v) is 17.7. The average molecular weight is 449 g/mol. The molecule has 1 aromatic carbocycles. The zero-order valence-electron chi connectivity index (χ0n) is 16.9. The zero-order chi connectivity index (χ0) is 23.0. The number of nitrogens with zero attached hydrogens (tertiary/aromatic N) is 5. The summed E-state index contributed by atoms with van der Waals surface area (Å²) >= 11 is 6.17. The fourth-order valence-electron chi connectivity index (χ4n) is 3.06. The molecule has 0 saturated carbocycles. The third-order valence-electron chi connectivity index (χ3n) is 4.80. The van der Waals surface area contributed by atoms with Crippen LogP contribution in [0.3, 0.4) is 0 Å². The molecule has 13 heteroatoms. The van der Waals surface area contributed by atoms with Crippen molar-refractivity contribution >= 4 is 34.6 Å². The van der Waals surface area contributed by atoms with Crippen molar-refractivity contribution in [3.8, 4) is 0 Å². The van der Waals surface area contributed by atoms with Crippen LogP contribution in [0.25, 0.3) is 0 Å². The molecule has 1 N–H and O–H groups in total. The molecule has 0 saturated heterocycles. The summed E-state index contributed by atoms with van der Waals surface area (Å²) in [4.78, 5) is 33.8. The fourth-order valence-corrected chi connectivity index (χ4v) is 3.20. The van der Waals surface area contributed by atoms with Gasteiger partial charge in [0.05, 0.1) is 38.5 Å². The maximum Gasteiger partial charge on any atom is 0.281 e. The van der Waals surface area contributed by atoms with Crippen molar-refractivity contribution in [3.05, 3.63) is 71.4 Å². The van der Waals surface area contributed by atoms with Gasteiger partial charge in [0, 0.05) is 17.7 Å². The highest BCUT2D eigenvalue weighted by atomic mass is 35.5. The molecule has 162 valence electrons. The quantitative estimate of drug-likeness (QED) is 0.439. The number of nitro groups is 2. The second kappa shape index (κ2) is 8.14. The summed E-state index contributed by atoms with van der Waals surface area (Å²) in [6.07, 6.45) is 0. The maximum atomic E-state index is 12.8. The number of hydrogen-bond acceptors (Lipinski definition) is 8. The van der Waals surface area contributed by atoms with Crippen LogP contribution in [0.5, 0.6) is 0 Å². The average Bonchev–Trinajstić information content (AvgIpc) is 3.17. The molecule has 0 aliphatic heterocycles. The van der Waals surface area contributed by atoms with Crippen LogP contribution in [0.4, 0.5) is 17.1 Å². The minimum absolute atomic E-state index is 0.0768. The lowest BCUT2D eigenvalue weighted by Gasteiger charge is -2.08. The summed E-state index contributed by atoms with van der Waals surface area (Å²) in [6.45, 7) is 6.55. The van der Waals surface area contributed by atoms with Crippen LogP contribution in [0.15, 0.2) is 16.7 Å². The summed E-state index contributed by atoms with van der Waals surface area (Å²) in [5.41, 5.74) is 0.455. The highest BCUT2D eigenvalue weighted by Crippen LogP contribution is 2.32. The Morgan fingerprint density at radius 1 is 1.16 bits per heavy atom. The first-order chi connectivity index (χ1) is 14.5. The van der Waals surface area contributed by atoms with Gasteiger partial charge in [0.2, 0.25) is 0 Å². The second-order valence-corrected chi connectivity index (χ2v) is 7.19. The maximum absolute atomic E-state index is 12.8. The Kier molecular flexibility index (Phi) is 5.75. The van der Waals surface area contributed by atoms with Gasteiger partial charge in [0.15, 0.2) is 5.69 Å². The molecule has 0 bridgehead atoms. The minimum atomic E-state index is -0.754. The minimum Gasteiger partial charge on any atom is -0.361 e. The normalized spacial score (nSPS) is 10.9. The third kappa shape index (κ3) is 4.10. The molecule has 2 aromatic heterocycles. The molecule has 31 heavy (non-hydrogen) atoms. The predicted octanol–water partition coefficient (Wildman–Crippen LogP) is 3.88. The fraction of sp³-hybridized carbons (Fsp3) is 0.278. The van der Waals surface area contributed by atoms with E-state index in [1.165, 1.54) is 6.92 Å². The Morgan fingerprint density at radius 2 is 1.74 bits per heavy atom. The van der Waals surface area contributed by atoms with Crippen molar-refractivity contribution in [2.75, 3.05) is 5.32 Å². The van der Waals surface area contributed by atoms with Crippen molar-refractivity contribution in [1.29, 1.82) is 0 Å². The van der Waals surface area contributed by atoms with E-state index in [2.05, 4.69) is 15.6 Å². The Labute approximate surface area is 180 Å². The van der Waals surface area contributed by atoms with Gasteiger partial charge < -0.3 is 9.84 Å². The van der Waals surface area contributed by atoms with E-state index in [-0.39, 0.29) is 23.5 Å². The van der Waals surface area contributed by atoms with E-state index in [0.717, 1.165) is 12.1 Å². The first-order valence-corrected chi connectivity index (χ1v) is 9.28. The summed E-state index contributed by atoms with van der Waals surface area (Å²) in [5, 5.41) is 33.5. The number of benzene rings is 1. The lowest BCUT2D eigenvalue weighted by molar-refractivity contribution is -0.395. The summed E-state index contributed by atoms with van der Waals surface area (Å²) in [7, 11) is 0. The molecule has 0 radical (unpaired) electrons. The van der Waals surface area contributed by atoms with Gasteiger partial charge in [0.25, 0.3) is 17.3 Å². The van der Waals surface area contributed by atoms with Gasteiger partial charge in [-0.1, -0.05) is 16.8 Å². The van der Waals surface area contributed by atoms with Gasteiger partial charge in [0.1, 0.15) is 11.3 Å². The summed E-state index contributed by atoms with van der Waals surface area (Å²) in [5.74, 6) is -0.374. The first kappa shape index (κ1) is 21.9. The van der Waals surface area contributed by atoms with Crippen molar-refractivity contribution in [2.24, 2.45) is 0 Å². The summed E-state index contributed by atoms with van der Waals surface area (Å²) in [6, 6.07) is 2.10. The smallest absolute Gasteiger partial charge is 0.281 e. The standard InChI is InChI=1S/C18H17ClN6O6/c1-8-14(24(27)28)5-12(6-15(8)25(29)30)20-18(26)17-13(11(4)31-22-17)7-23-10(3)16(19)9(2)21-23/h5-6H,7H2,1-4H3,(H,20,26). The lowest BCUT2D eigenvalue weighted by atomic mass is 10.1. The van der Waals surface area contributed by atoms with Crippen molar-refractivity contribution in [1.82, 2.24) is 14.9 Å². The van der Waals surface area contributed by atoms with Crippen LogP contribution < -0.4 is 5.32 Å². The van der Waals surface area contributed by atoms with Gasteiger partial charge in [-0.05, 0) is 27.7 Å². The van der Waals surface area contributed by atoms with Crippen molar-refractivity contribution < 1.29 is 19.2 Å². The molecular formula is C18H17ClN6O6. The Balaban J connectivity index is 1.96. The topological polar surface area (TPSA) is 159 Å². The van der Waals surface area contributed by atoms with E-state index in [0.29, 0.717) is 27.7 Å². The number of rotatable bonds is 6. The molecule has 2 heterocycles. The molecule has 0 atom stereocenters. The van der Waals surface area contributed by atoms with Gasteiger partial charge in [-0.2, -0.15) is 5.10 Å². The molecule has 0 unspecified atom stereocenters. The summed E-state index contributed by atoms with van der Waals surface area (Å²) < 4.78 is 6.74. The SMILES string of the molecule is Cc1nn(Cc2c(C(=O)Nc3cc([N+](=O)[O-])c(C)c([N+](=O)[O-])c3)noc2C)c(C)c1Cl. The first-order valence-electron chi connectivity index (χ1n) is 8.90. The number of halogens is 1. The van der Waals surface area contributed by atoms with Crippen LogP contribution in [0, 0.1) is 47.9 Å². The molecule has 3 rings (SSSR count). The lowest BCUT2D eigenvalue weighted by Crippen LogP contribution is -2.17. The molecule has 0 fully saturated rings. The Morgan fingerprint density at radius 3 is 2.23 bits per heavy atom. The van der Waals surface area contributed by atoms with E-state index in [4.69, 9.17) is 16.1 Å². The van der Waals surface area contributed by atoms with E-state index in [1.54, 1.807) is 25.5 Å². The van der Waals surface area contributed by atoms with Crippen LogP contribution in [-0.2, 0) is 6.54 Å². The van der Waals surface area contributed by atoms with Crippen molar-refractivity contribution in [3.63, 3.8) is 0 Å². The highest BCUT2D eigenvalue weighted by Gasteiger charge is 2.26. The van der Waals surface area contributed by atoms with E-state index >= 15 is 0 Å².